The average Bonchev–Trinajstić information content (AvgIpc) is 2.73. The van der Waals surface area contributed by atoms with Crippen molar-refractivity contribution in [1.82, 2.24) is 14.5 Å². The molecule has 0 amide bonds. The summed E-state index contributed by atoms with van der Waals surface area (Å²) in [5.41, 5.74) is 0. The molecule has 3 heteroatoms. The Balaban J connectivity index is 1.97. The summed E-state index contributed by atoms with van der Waals surface area (Å²) in [6, 6.07) is 0.787. The van der Waals surface area contributed by atoms with Crippen molar-refractivity contribution in [3.8, 4) is 0 Å². The van der Waals surface area contributed by atoms with E-state index in [9.17, 15) is 0 Å². The summed E-state index contributed by atoms with van der Waals surface area (Å²) in [5.74, 6) is 1.19. The van der Waals surface area contributed by atoms with E-state index in [1.54, 1.807) is 0 Å². The molecule has 16 heavy (non-hydrogen) atoms. The van der Waals surface area contributed by atoms with Crippen LogP contribution < -0.4 is 0 Å². The first-order chi connectivity index (χ1) is 7.81. The van der Waals surface area contributed by atoms with E-state index in [4.69, 9.17) is 0 Å². The Morgan fingerprint density at radius 1 is 1.38 bits per heavy atom. The summed E-state index contributed by atoms with van der Waals surface area (Å²) in [6.07, 6.45) is 10.9. The van der Waals surface area contributed by atoms with Crippen LogP contribution in [0.15, 0.2) is 12.4 Å². The highest BCUT2D eigenvalue weighted by atomic mass is 15.2. The first-order valence-electron chi connectivity index (χ1n) is 6.51. The van der Waals surface area contributed by atoms with Gasteiger partial charge >= 0.3 is 0 Å². The lowest BCUT2D eigenvalue weighted by molar-refractivity contribution is 0.151. The molecular weight excluding hydrogens is 198 g/mol. The SMILES string of the molecule is CCN(Cc1nccn1C)C1CCCCC1. The third-order valence-corrected chi connectivity index (χ3v) is 3.76. The molecule has 2 rings (SSSR count). The van der Waals surface area contributed by atoms with Gasteiger partial charge in [-0.2, -0.15) is 0 Å². The van der Waals surface area contributed by atoms with Crippen LogP contribution in [0.25, 0.3) is 0 Å². The molecule has 0 aliphatic heterocycles. The smallest absolute Gasteiger partial charge is 0.122 e. The van der Waals surface area contributed by atoms with E-state index in [0.29, 0.717) is 0 Å². The maximum Gasteiger partial charge on any atom is 0.122 e. The zero-order chi connectivity index (χ0) is 11.4. The van der Waals surface area contributed by atoms with Crippen LogP contribution in [0.4, 0.5) is 0 Å². The lowest BCUT2D eigenvalue weighted by Crippen LogP contribution is -2.36. The fourth-order valence-electron chi connectivity index (χ4n) is 2.68. The predicted octanol–water partition coefficient (Wildman–Crippen LogP) is 2.57. The first-order valence-corrected chi connectivity index (χ1v) is 6.51. The lowest BCUT2D eigenvalue weighted by Gasteiger charge is -2.33. The Bertz CT molecular complexity index is 313. The van der Waals surface area contributed by atoms with Crippen molar-refractivity contribution in [2.75, 3.05) is 6.54 Å². The zero-order valence-corrected chi connectivity index (χ0v) is 10.5. The molecule has 1 saturated carbocycles. The van der Waals surface area contributed by atoms with Gasteiger partial charge < -0.3 is 4.57 Å². The molecule has 0 saturated heterocycles. The highest BCUT2D eigenvalue weighted by molar-refractivity contribution is 4.92. The fraction of sp³-hybridized carbons (Fsp3) is 0.769. The molecule has 1 fully saturated rings. The van der Waals surface area contributed by atoms with Gasteiger partial charge in [-0.05, 0) is 19.4 Å². The summed E-state index contributed by atoms with van der Waals surface area (Å²) in [6.45, 7) is 4.40. The van der Waals surface area contributed by atoms with Crippen molar-refractivity contribution in [3.05, 3.63) is 18.2 Å². The number of rotatable bonds is 4. The molecule has 0 N–H and O–H groups in total. The molecule has 0 spiro atoms. The Hall–Kier alpha value is -0.830. The second kappa shape index (κ2) is 5.48. The van der Waals surface area contributed by atoms with E-state index < -0.39 is 0 Å². The molecule has 90 valence electrons. The number of aromatic nitrogens is 2. The molecule has 0 unspecified atom stereocenters. The van der Waals surface area contributed by atoms with Gasteiger partial charge in [0.25, 0.3) is 0 Å². The van der Waals surface area contributed by atoms with E-state index in [-0.39, 0.29) is 0 Å². The number of aryl methyl sites for hydroxylation is 1. The molecule has 3 nitrogen and oxygen atoms in total. The van der Waals surface area contributed by atoms with Gasteiger partial charge in [0.2, 0.25) is 0 Å². The van der Waals surface area contributed by atoms with Crippen LogP contribution in [-0.4, -0.2) is 27.0 Å². The van der Waals surface area contributed by atoms with Crippen LogP contribution in [-0.2, 0) is 13.6 Å². The maximum absolute atomic E-state index is 4.42. The quantitative estimate of drug-likeness (QED) is 0.779. The van der Waals surface area contributed by atoms with Crippen molar-refractivity contribution < 1.29 is 0 Å². The summed E-state index contributed by atoms with van der Waals surface area (Å²) in [5, 5.41) is 0. The monoisotopic (exact) mass is 221 g/mol. The Morgan fingerprint density at radius 2 is 2.12 bits per heavy atom. The van der Waals surface area contributed by atoms with Crippen LogP contribution >= 0.6 is 0 Å². The third-order valence-electron chi connectivity index (χ3n) is 3.76. The number of hydrogen-bond acceptors (Lipinski definition) is 2. The normalized spacial score (nSPS) is 18.2. The molecule has 0 aromatic carbocycles. The highest BCUT2D eigenvalue weighted by Gasteiger charge is 2.20. The standard InChI is InChI=1S/C13H23N3/c1-3-16(12-7-5-4-6-8-12)11-13-14-9-10-15(13)2/h9-10,12H,3-8,11H2,1-2H3. The Labute approximate surface area is 98.5 Å². The fourth-order valence-corrected chi connectivity index (χ4v) is 2.68. The van der Waals surface area contributed by atoms with Gasteiger partial charge in [-0.1, -0.05) is 26.2 Å². The Morgan fingerprint density at radius 3 is 2.69 bits per heavy atom. The van der Waals surface area contributed by atoms with Gasteiger partial charge in [0.15, 0.2) is 0 Å². The van der Waals surface area contributed by atoms with Gasteiger partial charge in [-0.25, -0.2) is 4.98 Å². The number of imidazole rings is 1. The highest BCUT2D eigenvalue weighted by Crippen LogP contribution is 2.23. The van der Waals surface area contributed by atoms with Gasteiger partial charge in [-0.3, -0.25) is 4.90 Å². The summed E-state index contributed by atoms with van der Waals surface area (Å²) < 4.78 is 2.13. The van der Waals surface area contributed by atoms with Crippen LogP contribution in [0.5, 0.6) is 0 Å². The van der Waals surface area contributed by atoms with Crippen LogP contribution in [0.3, 0.4) is 0 Å². The first kappa shape index (κ1) is 11.6. The van der Waals surface area contributed by atoms with Gasteiger partial charge in [0, 0.05) is 25.5 Å². The molecule has 1 aliphatic carbocycles. The minimum Gasteiger partial charge on any atom is -0.337 e. The molecule has 0 bridgehead atoms. The minimum atomic E-state index is 0.787. The minimum absolute atomic E-state index is 0.787. The second-order valence-electron chi connectivity index (χ2n) is 4.81. The molecular formula is C13H23N3. The zero-order valence-electron chi connectivity index (χ0n) is 10.5. The van der Waals surface area contributed by atoms with Crippen molar-refractivity contribution >= 4 is 0 Å². The molecule has 0 atom stereocenters. The summed E-state index contributed by atoms with van der Waals surface area (Å²) in [4.78, 5) is 7.00. The van der Waals surface area contributed by atoms with Crippen LogP contribution in [0, 0.1) is 0 Å². The molecule has 1 aliphatic rings. The van der Waals surface area contributed by atoms with Crippen LogP contribution in [0.2, 0.25) is 0 Å². The van der Waals surface area contributed by atoms with E-state index in [1.165, 1.54) is 37.9 Å². The van der Waals surface area contributed by atoms with Gasteiger partial charge in [0.05, 0.1) is 6.54 Å². The van der Waals surface area contributed by atoms with Crippen LogP contribution in [0.1, 0.15) is 44.9 Å². The lowest BCUT2D eigenvalue weighted by atomic mass is 9.94. The summed E-state index contributed by atoms with van der Waals surface area (Å²) >= 11 is 0. The number of hydrogen-bond donors (Lipinski definition) is 0. The second-order valence-corrected chi connectivity index (χ2v) is 4.81. The van der Waals surface area contributed by atoms with E-state index in [1.807, 2.05) is 12.4 Å². The van der Waals surface area contributed by atoms with Crippen molar-refractivity contribution in [2.24, 2.45) is 7.05 Å². The van der Waals surface area contributed by atoms with Gasteiger partial charge in [0.1, 0.15) is 5.82 Å². The van der Waals surface area contributed by atoms with Gasteiger partial charge in [-0.15, -0.1) is 0 Å². The largest absolute Gasteiger partial charge is 0.337 e. The molecule has 0 radical (unpaired) electrons. The molecule has 1 heterocycles. The van der Waals surface area contributed by atoms with E-state index in [0.717, 1.165) is 19.1 Å². The topological polar surface area (TPSA) is 21.1 Å². The molecule has 1 aromatic heterocycles. The Kier molecular flexibility index (Phi) is 3.99. The van der Waals surface area contributed by atoms with Crippen molar-refractivity contribution in [1.29, 1.82) is 0 Å². The number of nitrogens with zero attached hydrogens (tertiary/aromatic N) is 3. The maximum atomic E-state index is 4.42. The van der Waals surface area contributed by atoms with Crippen molar-refractivity contribution in [3.63, 3.8) is 0 Å². The summed E-state index contributed by atoms with van der Waals surface area (Å²) in [7, 11) is 2.08. The predicted molar refractivity (Wildman–Crippen MR) is 66.2 cm³/mol. The third kappa shape index (κ3) is 2.64. The van der Waals surface area contributed by atoms with E-state index in [2.05, 4.69) is 28.4 Å². The van der Waals surface area contributed by atoms with Crippen molar-refractivity contribution in [2.45, 2.75) is 51.6 Å². The average molecular weight is 221 g/mol. The van der Waals surface area contributed by atoms with E-state index >= 15 is 0 Å². The molecule has 1 aromatic rings.